The van der Waals surface area contributed by atoms with E-state index >= 15 is 0 Å². The van der Waals surface area contributed by atoms with Crippen molar-refractivity contribution in [2.24, 2.45) is 0 Å². The fourth-order valence-corrected chi connectivity index (χ4v) is 7.11. The number of para-hydroxylation sites is 2. The minimum Gasteiger partial charge on any atom is -0.455 e. The largest absolute Gasteiger partial charge is 0.455 e. The number of hydrogen-bond acceptors (Lipinski definition) is 5. The quantitative estimate of drug-likeness (QED) is 0.175. The minimum atomic E-state index is 0.539. The van der Waals surface area contributed by atoms with Gasteiger partial charge in [0.05, 0.1) is 16.6 Å². The molecule has 0 bridgehead atoms. The summed E-state index contributed by atoms with van der Waals surface area (Å²) in [7, 11) is 0. The molecule has 0 aliphatic rings. The molecule has 0 radical (unpaired) electrons. The van der Waals surface area contributed by atoms with E-state index in [1.54, 1.807) is 0 Å². The van der Waals surface area contributed by atoms with E-state index in [-0.39, 0.29) is 0 Å². The molecule has 0 aliphatic heterocycles. The standard InChI is InChI=1S/C48H30N4O/c1-4-13-31(14-5-1)33-23-27-36(28-24-33)46-50-47(37-29-25-34(26-30-37)32-15-6-2-7-16-32)52-48(51-46)40-21-12-20-39-44(40)49-43(35-17-8-3-9-18-35)42-38-19-10-11-22-41(38)53-45(39)42/h1-30H. The summed E-state index contributed by atoms with van der Waals surface area (Å²) in [5.74, 6) is 1.71. The van der Waals surface area contributed by atoms with Gasteiger partial charge >= 0.3 is 0 Å². The van der Waals surface area contributed by atoms with Gasteiger partial charge in [0.25, 0.3) is 0 Å². The van der Waals surface area contributed by atoms with Crippen LogP contribution < -0.4 is 0 Å². The van der Waals surface area contributed by atoms with Crippen molar-refractivity contribution >= 4 is 32.8 Å². The van der Waals surface area contributed by atoms with Gasteiger partial charge in [-0.1, -0.05) is 164 Å². The SMILES string of the molecule is c1ccc(-c2ccc(-c3nc(-c4ccc(-c5ccccc5)cc4)nc(-c4cccc5c4nc(-c4ccccc4)c4c6ccccc6oc54)n3)cc2)cc1. The van der Waals surface area contributed by atoms with Crippen molar-refractivity contribution in [3.8, 4) is 67.7 Å². The third-order valence-corrected chi connectivity index (χ3v) is 9.76. The van der Waals surface area contributed by atoms with Crippen molar-refractivity contribution in [1.29, 1.82) is 0 Å². The summed E-state index contributed by atoms with van der Waals surface area (Å²) in [6.45, 7) is 0. The number of rotatable bonds is 6. The molecular formula is C48H30N4O. The third-order valence-electron chi connectivity index (χ3n) is 9.76. The fraction of sp³-hybridized carbons (Fsp3) is 0. The lowest BCUT2D eigenvalue weighted by molar-refractivity contribution is 0.672. The molecule has 0 unspecified atom stereocenters. The molecule has 0 fully saturated rings. The van der Waals surface area contributed by atoms with Gasteiger partial charge in [-0.3, -0.25) is 0 Å². The van der Waals surface area contributed by atoms with Gasteiger partial charge in [-0.15, -0.1) is 0 Å². The highest BCUT2D eigenvalue weighted by Gasteiger charge is 2.21. The number of aromatic nitrogens is 4. The van der Waals surface area contributed by atoms with Crippen LogP contribution in [0.4, 0.5) is 0 Å². The van der Waals surface area contributed by atoms with E-state index in [1.165, 1.54) is 0 Å². The van der Waals surface area contributed by atoms with Crippen molar-refractivity contribution in [3.05, 3.63) is 182 Å². The van der Waals surface area contributed by atoms with Crippen LogP contribution in [0.25, 0.3) is 101 Å². The predicted octanol–water partition coefficient (Wildman–Crippen LogP) is 12.3. The zero-order chi connectivity index (χ0) is 35.1. The molecule has 0 aliphatic carbocycles. The normalized spacial score (nSPS) is 11.4. The first kappa shape index (κ1) is 30.6. The highest BCUT2D eigenvalue weighted by atomic mass is 16.3. The van der Waals surface area contributed by atoms with Crippen molar-refractivity contribution in [2.75, 3.05) is 0 Å². The monoisotopic (exact) mass is 678 g/mol. The fourth-order valence-electron chi connectivity index (χ4n) is 7.11. The lowest BCUT2D eigenvalue weighted by atomic mass is 10.0. The van der Waals surface area contributed by atoms with Crippen LogP contribution in [0, 0.1) is 0 Å². The number of fused-ring (bicyclic) bond motifs is 5. The molecule has 0 amide bonds. The Morgan fingerprint density at radius 1 is 0.321 bits per heavy atom. The molecule has 3 heterocycles. The van der Waals surface area contributed by atoms with Gasteiger partial charge < -0.3 is 4.42 Å². The van der Waals surface area contributed by atoms with Crippen LogP contribution in [0.1, 0.15) is 0 Å². The van der Waals surface area contributed by atoms with Crippen molar-refractivity contribution < 1.29 is 4.42 Å². The second-order valence-corrected chi connectivity index (χ2v) is 13.0. The number of hydrogen-bond donors (Lipinski definition) is 0. The maximum absolute atomic E-state index is 6.61. The van der Waals surface area contributed by atoms with E-state index in [1.807, 2.05) is 60.7 Å². The molecule has 0 saturated heterocycles. The van der Waals surface area contributed by atoms with Gasteiger partial charge in [-0.25, -0.2) is 19.9 Å². The first-order valence-electron chi connectivity index (χ1n) is 17.6. The van der Waals surface area contributed by atoms with Crippen LogP contribution in [0.3, 0.4) is 0 Å². The van der Waals surface area contributed by atoms with Gasteiger partial charge in [-0.2, -0.15) is 0 Å². The van der Waals surface area contributed by atoms with Gasteiger partial charge in [0.1, 0.15) is 11.2 Å². The molecule has 0 atom stereocenters. The smallest absolute Gasteiger partial charge is 0.166 e. The van der Waals surface area contributed by atoms with Gasteiger partial charge in [0.2, 0.25) is 0 Å². The Bertz CT molecular complexity index is 2800. The second-order valence-electron chi connectivity index (χ2n) is 13.0. The highest BCUT2D eigenvalue weighted by Crippen LogP contribution is 2.41. The first-order valence-corrected chi connectivity index (χ1v) is 17.6. The Kier molecular flexibility index (Phi) is 7.40. The Balaban J connectivity index is 1.19. The van der Waals surface area contributed by atoms with Crippen molar-refractivity contribution in [1.82, 2.24) is 19.9 Å². The highest BCUT2D eigenvalue weighted by molar-refractivity contribution is 6.20. The summed E-state index contributed by atoms with van der Waals surface area (Å²) in [4.78, 5) is 20.8. The lowest BCUT2D eigenvalue weighted by Crippen LogP contribution is -2.01. The maximum Gasteiger partial charge on any atom is 0.166 e. The van der Waals surface area contributed by atoms with E-state index in [9.17, 15) is 0 Å². The maximum atomic E-state index is 6.61. The summed E-state index contributed by atoms with van der Waals surface area (Å²) in [5, 5.41) is 2.92. The third kappa shape index (κ3) is 5.52. The summed E-state index contributed by atoms with van der Waals surface area (Å²) >= 11 is 0. The number of benzene rings is 7. The van der Waals surface area contributed by atoms with Gasteiger partial charge in [-0.05, 0) is 40.5 Å². The van der Waals surface area contributed by atoms with E-state index in [0.717, 1.165) is 83.0 Å². The molecule has 10 rings (SSSR count). The number of pyridine rings is 1. The number of furan rings is 1. The zero-order valence-corrected chi connectivity index (χ0v) is 28.5. The minimum absolute atomic E-state index is 0.539. The van der Waals surface area contributed by atoms with Crippen molar-refractivity contribution in [3.63, 3.8) is 0 Å². The summed E-state index contributed by atoms with van der Waals surface area (Å²) in [6, 6.07) is 62.1. The summed E-state index contributed by atoms with van der Waals surface area (Å²) in [6.07, 6.45) is 0. The average Bonchev–Trinajstić information content (AvgIpc) is 3.64. The van der Waals surface area contributed by atoms with Crippen LogP contribution in [0.2, 0.25) is 0 Å². The van der Waals surface area contributed by atoms with E-state index < -0.39 is 0 Å². The van der Waals surface area contributed by atoms with Crippen LogP contribution in [0.5, 0.6) is 0 Å². The van der Waals surface area contributed by atoms with Crippen LogP contribution in [-0.2, 0) is 0 Å². The van der Waals surface area contributed by atoms with Crippen LogP contribution in [0.15, 0.2) is 186 Å². The molecule has 0 saturated carbocycles. The van der Waals surface area contributed by atoms with Gasteiger partial charge in [0, 0.05) is 33.0 Å². The molecule has 5 nitrogen and oxygen atoms in total. The molecule has 248 valence electrons. The van der Waals surface area contributed by atoms with E-state index in [4.69, 9.17) is 24.4 Å². The van der Waals surface area contributed by atoms with E-state index in [2.05, 4.69) is 121 Å². The molecule has 53 heavy (non-hydrogen) atoms. The molecule has 5 heteroatoms. The number of nitrogens with zero attached hydrogens (tertiary/aromatic N) is 4. The molecule has 0 N–H and O–H groups in total. The zero-order valence-electron chi connectivity index (χ0n) is 28.5. The summed E-state index contributed by atoms with van der Waals surface area (Å²) in [5.41, 5.74) is 11.4. The molecule has 10 aromatic rings. The Morgan fingerprint density at radius 2 is 0.774 bits per heavy atom. The lowest BCUT2D eigenvalue weighted by Gasteiger charge is -2.12. The first-order chi connectivity index (χ1) is 26.3. The molecule has 3 aromatic heterocycles. The molecule has 7 aromatic carbocycles. The summed E-state index contributed by atoms with van der Waals surface area (Å²) < 4.78 is 6.61. The topological polar surface area (TPSA) is 64.7 Å². The predicted molar refractivity (Wildman–Crippen MR) is 215 cm³/mol. The second kappa shape index (κ2) is 12.8. The van der Waals surface area contributed by atoms with E-state index in [0.29, 0.717) is 17.5 Å². The Morgan fingerprint density at radius 3 is 1.36 bits per heavy atom. The Labute approximate surface area is 305 Å². The molecular weight excluding hydrogens is 649 g/mol. The average molecular weight is 679 g/mol. The van der Waals surface area contributed by atoms with Crippen LogP contribution >= 0.6 is 0 Å². The van der Waals surface area contributed by atoms with Crippen LogP contribution in [-0.4, -0.2) is 19.9 Å². The van der Waals surface area contributed by atoms with Gasteiger partial charge in [0.15, 0.2) is 17.5 Å². The Hall–Kier alpha value is -7.24. The molecule has 0 spiro atoms. The van der Waals surface area contributed by atoms with Crippen molar-refractivity contribution in [2.45, 2.75) is 0 Å².